The van der Waals surface area contributed by atoms with Gasteiger partial charge in [0.15, 0.2) is 0 Å². The molecule has 0 unspecified atom stereocenters. The standard InChI is InChI=1S/C14H9ClFN3O/c15-10-2-1-3-12(18)13(10)14(20)19-9-4-5-11(16)8(6-9)7-17/h1-6H,18H2,(H,19,20). The van der Waals surface area contributed by atoms with Gasteiger partial charge >= 0.3 is 0 Å². The molecule has 1 amide bonds. The summed E-state index contributed by atoms with van der Waals surface area (Å²) in [4.78, 5) is 12.1. The van der Waals surface area contributed by atoms with Gasteiger partial charge in [-0.05, 0) is 30.3 Å². The smallest absolute Gasteiger partial charge is 0.259 e. The summed E-state index contributed by atoms with van der Waals surface area (Å²) in [6.07, 6.45) is 0. The molecule has 0 aromatic heterocycles. The van der Waals surface area contributed by atoms with Crippen molar-refractivity contribution in [1.82, 2.24) is 0 Å². The number of carbonyl (C=O) groups excluding carboxylic acids is 1. The summed E-state index contributed by atoms with van der Waals surface area (Å²) in [6.45, 7) is 0. The van der Waals surface area contributed by atoms with Gasteiger partial charge in [-0.15, -0.1) is 0 Å². The van der Waals surface area contributed by atoms with Crippen molar-refractivity contribution in [2.24, 2.45) is 0 Å². The molecule has 6 heteroatoms. The minimum Gasteiger partial charge on any atom is -0.398 e. The molecule has 2 aromatic rings. The van der Waals surface area contributed by atoms with Crippen molar-refractivity contribution < 1.29 is 9.18 Å². The third kappa shape index (κ3) is 2.71. The van der Waals surface area contributed by atoms with Gasteiger partial charge in [-0.25, -0.2) is 4.39 Å². The number of hydrogen-bond acceptors (Lipinski definition) is 3. The van der Waals surface area contributed by atoms with E-state index in [1.54, 1.807) is 18.2 Å². The van der Waals surface area contributed by atoms with Crippen LogP contribution in [0.25, 0.3) is 0 Å². The summed E-state index contributed by atoms with van der Waals surface area (Å²) in [5.74, 6) is -1.17. The molecule has 0 radical (unpaired) electrons. The predicted octanol–water partition coefficient (Wildman–Crippen LogP) is 3.19. The van der Waals surface area contributed by atoms with Crippen molar-refractivity contribution in [1.29, 1.82) is 5.26 Å². The highest BCUT2D eigenvalue weighted by molar-refractivity contribution is 6.35. The number of nitrogens with zero attached hydrogens (tertiary/aromatic N) is 1. The molecule has 100 valence electrons. The third-order valence-corrected chi connectivity index (χ3v) is 2.93. The van der Waals surface area contributed by atoms with Crippen LogP contribution in [0.15, 0.2) is 36.4 Å². The molecular formula is C14H9ClFN3O. The fourth-order valence-electron chi connectivity index (χ4n) is 1.66. The summed E-state index contributed by atoms with van der Waals surface area (Å²) in [6, 6.07) is 10.1. The molecule has 20 heavy (non-hydrogen) atoms. The van der Waals surface area contributed by atoms with Crippen LogP contribution in [0.5, 0.6) is 0 Å². The van der Waals surface area contributed by atoms with Gasteiger partial charge in [0.05, 0.1) is 16.1 Å². The van der Waals surface area contributed by atoms with E-state index in [9.17, 15) is 9.18 Å². The van der Waals surface area contributed by atoms with Gasteiger partial charge in [0.25, 0.3) is 5.91 Å². The summed E-state index contributed by atoms with van der Waals surface area (Å²) in [5.41, 5.74) is 6.20. The number of carbonyl (C=O) groups is 1. The Labute approximate surface area is 119 Å². The van der Waals surface area contributed by atoms with Crippen LogP contribution in [-0.2, 0) is 0 Å². The normalized spacial score (nSPS) is 9.85. The Morgan fingerprint density at radius 1 is 1.35 bits per heavy atom. The molecule has 0 bridgehead atoms. The van der Waals surface area contributed by atoms with Gasteiger partial charge < -0.3 is 11.1 Å². The number of nitrogens with two attached hydrogens (primary N) is 1. The van der Waals surface area contributed by atoms with Crippen LogP contribution in [0.3, 0.4) is 0 Å². The Balaban J connectivity index is 2.31. The van der Waals surface area contributed by atoms with Crippen LogP contribution in [0.1, 0.15) is 15.9 Å². The molecule has 0 saturated carbocycles. The average Bonchev–Trinajstić information content (AvgIpc) is 2.40. The minimum absolute atomic E-state index is 0.136. The van der Waals surface area contributed by atoms with Crippen LogP contribution in [0, 0.1) is 17.1 Å². The summed E-state index contributed by atoms with van der Waals surface area (Å²) < 4.78 is 13.2. The first-order chi connectivity index (χ1) is 9.52. The molecule has 4 nitrogen and oxygen atoms in total. The lowest BCUT2D eigenvalue weighted by molar-refractivity contribution is 0.102. The molecule has 0 atom stereocenters. The first-order valence-electron chi connectivity index (χ1n) is 5.58. The molecule has 0 aliphatic carbocycles. The molecule has 2 aromatic carbocycles. The van der Waals surface area contributed by atoms with Crippen LogP contribution >= 0.6 is 11.6 Å². The highest BCUT2D eigenvalue weighted by Gasteiger charge is 2.14. The number of nitriles is 1. The van der Waals surface area contributed by atoms with Crippen molar-refractivity contribution in [3.05, 3.63) is 58.4 Å². The number of hydrogen-bond donors (Lipinski definition) is 2. The molecule has 0 aliphatic heterocycles. The van der Waals surface area contributed by atoms with Gasteiger partial charge in [-0.3, -0.25) is 4.79 Å². The maximum absolute atomic E-state index is 13.2. The van der Waals surface area contributed by atoms with Gasteiger partial charge in [0, 0.05) is 11.4 Å². The Morgan fingerprint density at radius 3 is 2.75 bits per heavy atom. The Kier molecular flexibility index (Phi) is 3.87. The second-order valence-electron chi connectivity index (χ2n) is 3.96. The Bertz CT molecular complexity index is 705. The van der Waals surface area contributed by atoms with E-state index in [0.717, 1.165) is 6.07 Å². The van der Waals surface area contributed by atoms with Crippen LogP contribution < -0.4 is 11.1 Å². The molecular weight excluding hydrogens is 281 g/mol. The average molecular weight is 290 g/mol. The highest BCUT2D eigenvalue weighted by Crippen LogP contribution is 2.23. The monoisotopic (exact) mass is 289 g/mol. The molecule has 0 saturated heterocycles. The van der Waals surface area contributed by atoms with E-state index in [1.807, 2.05) is 0 Å². The predicted molar refractivity (Wildman–Crippen MR) is 74.9 cm³/mol. The number of anilines is 2. The number of halogens is 2. The van der Waals surface area contributed by atoms with Crippen molar-refractivity contribution >= 4 is 28.9 Å². The second-order valence-corrected chi connectivity index (χ2v) is 4.37. The number of nitrogens with one attached hydrogen (secondary N) is 1. The zero-order valence-corrected chi connectivity index (χ0v) is 10.9. The van der Waals surface area contributed by atoms with E-state index >= 15 is 0 Å². The van der Waals surface area contributed by atoms with Crippen molar-refractivity contribution in [2.45, 2.75) is 0 Å². The van der Waals surface area contributed by atoms with Gasteiger partial charge in [-0.1, -0.05) is 17.7 Å². The van der Waals surface area contributed by atoms with Gasteiger partial charge in [0.2, 0.25) is 0 Å². The van der Waals surface area contributed by atoms with E-state index in [2.05, 4.69) is 5.32 Å². The lowest BCUT2D eigenvalue weighted by Gasteiger charge is -2.09. The van der Waals surface area contributed by atoms with Crippen molar-refractivity contribution in [2.75, 3.05) is 11.1 Å². The number of rotatable bonds is 2. The van der Waals surface area contributed by atoms with Crippen LogP contribution in [0.2, 0.25) is 5.02 Å². The third-order valence-electron chi connectivity index (χ3n) is 2.62. The van der Waals surface area contributed by atoms with E-state index < -0.39 is 11.7 Å². The maximum atomic E-state index is 13.2. The molecule has 3 N–H and O–H groups in total. The quantitative estimate of drug-likeness (QED) is 0.833. The molecule has 2 rings (SSSR count). The molecule has 0 aliphatic rings. The highest BCUT2D eigenvalue weighted by atomic mass is 35.5. The number of amides is 1. The number of benzene rings is 2. The summed E-state index contributed by atoms with van der Waals surface area (Å²) in [5, 5.41) is 11.5. The first-order valence-corrected chi connectivity index (χ1v) is 5.95. The molecule has 0 fully saturated rings. The number of nitrogen functional groups attached to an aromatic ring is 1. The van der Waals surface area contributed by atoms with Crippen molar-refractivity contribution in [3.8, 4) is 6.07 Å². The van der Waals surface area contributed by atoms with Crippen molar-refractivity contribution in [3.63, 3.8) is 0 Å². The van der Waals surface area contributed by atoms with E-state index in [4.69, 9.17) is 22.6 Å². The summed E-state index contributed by atoms with van der Waals surface area (Å²) >= 11 is 5.92. The topological polar surface area (TPSA) is 78.9 Å². The van der Waals surface area contributed by atoms with Gasteiger partial charge in [0.1, 0.15) is 11.9 Å². The van der Waals surface area contributed by atoms with Crippen LogP contribution in [-0.4, -0.2) is 5.91 Å². The fraction of sp³-hybridized carbons (Fsp3) is 0. The summed E-state index contributed by atoms with van der Waals surface area (Å²) in [7, 11) is 0. The molecule has 0 heterocycles. The fourth-order valence-corrected chi connectivity index (χ4v) is 1.93. The van der Waals surface area contributed by atoms with E-state index in [1.165, 1.54) is 18.2 Å². The Morgan fingerprint density at radius 2 is 2.10 bits per heavy atom. The Hall–Kier alpha value is -2.58. The van der Waals surface area contributed by atoms with E-state index in [-0.39, 0.29) is 27.5 Å². The van der Waals surface area contributed by atoms with E-state index in [0.29, 0.717) is 0 Å². The van der Waals surface area contributed by atoms with Crippen LogP contribution in [0.4, 0.5) is 15.8 Å². The first kappa shape index (κ1) is 13.8. The maximum Gasteiger partial charge on any atom is 0.259 e. The zero-order chi connectivity index (χ0) is 14.7. The van der Waals surface area contributed by atoms with Gasteiger partial charge in [-0.2, -0.15) is 5.26 Å². The zero-order valence-electron chi connectivity index (χ0n) is 10.2. The second kappa shape index (κ2) is 5.59. The lowest BCUT2D eigenvalue weighted by Crippen LogP contribution is -2.14. The SMILES string of the molecule is N#Cc1cc(NC(=O)c2c(N)cccc2Cl)ccc1F. The lowest BCUT2D eigenvalue weighted by atomic mass is 10.1. The largest absolute Gasteiger partial charge is 0.398 e. The molecule has 0 spiro atoms. The minimum atomic E-state index is -0.650.